The summed E-state index contributed by atoms with van der Waals surface area (Å²) >= 11 is 1.35. The Balaban J connectivity index is 1.59. The van der Waals surface area contributed by atoms with Crippen molar-refractivity contribution < 1.29 is 14.3 Å². The number of carbonyl (C=O) groups is 1. The van der Waals surface area contributed by atoms with E-state index < -0.39 is 0 Å². The molecule has 8 heteroatoms. The number of nitrogens with zero attached hydrogens (tertiary/aromatic N) is 3. The molecule has 1 aromatic carbocycles. The summed E-state index contributed by atoms with van der Waals surface area (Å²) in [5, 5.41) is 4.00. The van der Waals surface area contributed by atoms with Crippen molar-refractivity contribution in [1.29, 1.82) is 0 Å². The summed E-state index contributed by atoms with van der Waals surface area (Å²) in [5.74, 6) is 2.09. The van der Waals surface area contributed by atoms with E-state index in [1.54, 1.807) is 12.0 Å². The Kier molecular flexibility index (Phi) is 3.53. The van der Waals surface area contributed by atoms with Gasteiger partial charge in [-0.1, -0.05) is 0 Å². The number of amides is 1. The van der Waals surface area contributed by atoms with Crippen LogP contribution < -0.4 is 15.0 Å². The van der Waals surface area contributed by atoms with Crippen molar-refractivity contribution in [2.24, 2.45) is 0 Å². The third-order valence-corrected chi connectivity index (χ3v) is 4.51. The molecule has 1 aliphatic carbocycles. The molecule has 2 aromatic rings. The van der Waals surface area contributed by atoms with E-state index in [9.17, 15) is 4.79 Å². The maximum Gasteiger partial charge on any atom is 0.414 e. The van der Waals surface area contributed by atoms with E-state index in [0.717, 1.165) is 16.6 Å². The van der Waals surface area contributed by atoms with Crippen molar-refractivity contribution in [2.45, 2.75) is 18.8 Å². The highest BCUT2D eigenvalue weighted by Gasteiger charge is 2.28. The summed E-state index contributed by atoms with van der Waals surface area (Å²) in [6, 6.07) is 5.58. The van der Waals surface area contributed by atoms with Gasteiger partial charge in [0.25, 0.3) is 0 Å². The number of methoxy groups -OCH3 is 1. The number of aromatic nitrogens is 2. The molecule has 1 saturated heterocycles. The summed E-state index contributed by atoms with van der Waals surface area (Å²) < 4.78 is 14.7. The second kappa shape index (κ2) is 5.69. The molecule has 1 aliphatic heterocycles. The maximum absolute atomic E-state index is 11.8. The van der Waals surface area contributed by atoms with Gasteiger partial charge in [0, 0.05) is 23.1 Å². The van der Waals surface area contributed by atoms with Gasteiger partial charge in [-0.05, 0) is 31.0 Å². The predicted molar refractivity (Wildman–Crippen MR) is 86.9 cm³/mol. The third kappa shape index (κ3) is 2.81. The average molecular weight is 332 g/mol. The smallest absolute Gasteiger partial charge is 0.414 e. The molecule has 0 spiro atoms. The molecule has 7 nitrogen and oxygen atoms in total. The summed E-state index contributed by atoms with van der Waals surface area (Å²) in [4.78, 5) is 17.9. The van der Waals surface area contributed by atoms with Crippen molar-refractivity contribution in [3.63, 3.8) is 0 Å². The van der Waals surface area contributed by atoms with Crippen LogP contribution in [0.2, 0.25) is 0 Å². The van der Waals surface area contributed by atoms with Crippen LogP contribution in [0.3, 0.4) is 0 Å². The van der Waals surface area contributed by atoms with E-state index in [-0.39, 0.29) is 6.09 Å². The fourth-order valence-electron chi connectivity index (χ4n) is 2.51. The molecular formula is C15H16N4O3S. The zero-order valence-corrected chi connectivity index (χ0v) is 13.4. The minimum Gasteiger partial charge on any atom is -0.495 e. The van der Waals surface area contributed by atoms with Gasteiger partial charge in [0.1, 0.15) is 18.2 Å². The minimum absolute atomic E-state index is 0.354. The first kappa shape index (κ1) is 14.3. The Hall–Kier alpha value is -2.35. The highest BCUT2D eigenvalue weighted by molar-refractivity contribution is 7.09. The number of hydrogen-bond acceptors (Lipinski definition) is 7. The van der Waals surface area contributed by atoms with Crippen LogP contribution in [0.15, 0.2) is 18.2 Å². The number of anilines is 3. The lowest BCUT2D eigenvalue weighted by molar-refractivity contribution is 0.181. The number of benzene rings is 1. The molecule has 1 N–H and O–H groups in total. The number of nitrogens with one attached hydrogen (secondary N) is 1. The quantitative estimate of drug-likeness (QED) is 0.906. The van der Waals surface area contributed by atoms with E-state index in [0.29, 0.717) is 30.5 Å². The highest BCUT2D eigenvalue weighted by atomic mass is 32.1. The molecule has 2 aliphatic rings. The topological polar surface area (TPSA) is 76.6 Å². The van der Waals surface area contributed by atoms with Crippen molar-refractivity contribution in [2.75, 3.05) is 30.5 Å². The lowest BCUT2D eigenvalue weighted by atomic mass is 10.2. The summed E-state index contributed by atoms with van der Waals surface area (Å²) in [5.41, 5.74) is 1.52. The van der Waals surface area contributed by atoms with Crippen LogP contribution in [0.1, 0.15) is 24.6 Å². The second-order valence-corrected chi connectivity index (χ2v) is 6.26. The monoisotopic (exact) mass is 332 g/mol. The van der Waals surface area contributed by atoms with Gasteiger partial charge in [0.15, 0.2) is 0 Å². The van der Waals surface area contributed by atoms with E-state index in [1.807, 2.05) is 18.2 Å². The van der Waals surface area contributed by atoms with Crippen molar-refractivity contribution in [3.8, 4) is 5.75 Å². The number of rotatable bonds is 5. The first-order valence-corrected chi connectivity index (χ1v) is 8.25. The Morgan fingerprint density at radius 1 is 1.43 bits per heavy atom. The van der Waals surface area contributed by atoms with Crippen molar-refractivity contribution in [3.05, 3.63) is 24.0 Å². The van der Waals surface area contributed by atoms with Crippen LogP contribution in [0.25, 0.3) is 0 Å². The van der Waals surface area contributed by atoms with Gasteiger partial charge in [0.2, 0.25) is 5.13 Å². The van der Waals surface area contributed by atoms with Crippen LogP contribution in [0, 0.1) is 0 Å². The van der Waals surface area contributed by atoms with Gasteiger partial charge in [-0.25, -0.2) is 9.78 Å². The Morgan fingerprint density at radius 3 is 3.00 bits per heavy atom. The molecule has 1 amide bonds. The molecule has 4 rings (SSSR count). The first-order valence-electron chi connectivity index (χ1n) is 7.47. The summed E-state index contributed by atoms with van der Waals surface area (Å²) in [7, 11) is 1.58. The Labute approximate surface area is 137 Å². The fraction of sp³-hybridized carbons (Fsp3) is 0.400. The van der Waals surface area contributed by atoms with Crippen LogP contribution in [-0.4, -0.2) is 35.7 Å². The van der Waals surface area contributed by atoms with Crippen LogP contribution in [-0.2, 0) is 4.74 Å². The molecule has 1 aromatic heterocycles. The van der Waals surface area contributed by atoms with Gasteiger partial charge in [-0.15, -0.1) is 0 Å². The molecular weight excluding hydrogens is 316 g/mol. The second-order valence-electron chi connectivity index (χ2n) is 5.51. The lowest BCUT2D eigenvalue weighted by Gasteiger charge is -2.17. The van der Waals surface area contributed by atoms with E-state index in [4.69, 9.17) is 9.47 Å². The Morgan fingerprint density at radius 2 is 2.30 bits per heavy atom. The van der Waals surface area contributed by atoms with E-state index >= 15 is 0 Å². The van der Waals surface area contributed by atoms with Gasteiger partial charge in [0.05, 0.1) is 19.3 Å². The first-order chi connectivity index (χ1) is 11.2. The van der Waals surface area contributed by atoms with Gasteiger partial charge < -0.3 is 14.8 Å². The lowest BCUT2D eigenvalue weighted by Crippen LogP contribution is -2.23. The number of cyclic esters (lactones) is 1. The van der Waals surface area contributed by atoms with Crippen molar-refractivity contribution >= 4 is 34.1 Å². The molecule has 23 heavy (non-hydrogen) atoms. The van der Waals surface area contributed by atoms with E-state index in [1.165, 1.54) is 24.4 Å². The SMILES string of the molecule is COc1ccc(Nc2nc(C3CC3)ns2)cc1N1CCOC1=O. The van der Waals surface area contributed by atoms with Crippen molar-refractivity contribution in [1.82, 2.24) is 9.36 Å². The zero-order chi connectivity index (χ0) is 15.8. The summed E-state index contributed by atoms with van der Waals surface area (Å²) in [6.07, 6.45) is 2.01. The normalized spacial score (nSPS) is 17.3. The van der Waals surface area contributed by atoms with Crippen LogP contribution in [0.4, 0.5) is 21.3 Å². The van der Waals surface area contributed by atoms with E-state index in [2.05, 4.69) is 14.7 Å². The maximum atomic E-state index is 11.8. The number of ether oxygens (including phenoxy) is 2. The number of carbonyl (C=O) groups excluding carboxylic acids is 1. The van der Waals surface area contributed by atoms with Crippen LogP contribution >= 0.6 is 11.5 Å². The molecule has 2 heterocycles. The Bertz CT molecular complexity index is 744. The highest BCUT2D eigenvalue weighted by Crippen LogP contribution is 2.40. The van der Waals surface area contributed by atoms with Gasteiger partial charge >= 0.3 is 6.09 Å². The molecule has 0 radical (unpaired) electrons. The molecule has 1 saturated carbocycles. The third-order valence-electron chi connectivity index (χ3n) is 3.87. The molecule has 0 atom stereocenters. The zero-order valence-electron chi connectivity index (χ0n) is 12.6. The molecule has 120 valence electrons. The fourth-order valence-corrected chi connectivity index (χ4v) is 3.18. The minimum atomic E-state index is -0.354. The molecule has 2 fully saturated rings. The molecule has 0 bridgehead atoms. The van der Waals surface area contributed by atoms with Gasteiger partial charge in [-0.3, -0.25) is 4.90 Å². The number of hydrogen-bond donors (Lipinski definition) is 1. The predicted octanol–water partition coefficient (Wildman–Crippen LogP) is 3.12. The standard InChI is InChI=1S/C15H16N4O3S/c1-21-12-5-4-10(8-11(12)19-6-7-22-15(19)20)16-14-17-13(18-23-14)9-2-3-9/h4-5,8-9H,2-3,6-7H2,1H3,(H,16,17,18). The van der Waals surface area contributed by atoms with Crippen LogP contribution in [0.5, 0.6) is 5.75 Å². The molecule has 0 unspecified atom stereocenters. The average Bonchev–Trinajstić information content (AvgIpc) is 3.16. The summed E-state index contributed by atoms with van der Waals surface area (Å²) in [6.45, 7) is 0.907. The van der Waals surface area contributed by atoms with Gasteiger partial charge in [-0.2, -0.15) is 4.37 Å². The largest absolute Gasteiger partial charge is 0.495 e.